The maximum atomic E-state index is 13.1. The van der Waals surface area contributed by atoms with Crippen molar-refractivity contribution < 1.29 is 22.8 Å². The fourth-order valence-electron chi connectivity index (χ4n) is 3.62. The molecular weight excluding hydrogens is 471 g/mol. The predicted molar refractivity (Wildman–Crippen MR) is 127 cm³/mol. The molecule has 2 aliphatic rings. The molecule has 0 bridgehead atoms. The number of carbonyl (C=O) groups is 2. The third-order valence-corrected chi connectivity index (χ3v) is 6.75. The minimum absolute atomic E-state index is 0.0646. The zero-order valence-corrected chi connectivity index (χ0v) is 19.3. The van der Waals surface area contributed by atoms with Crippen molar-refractivity contribution in [3.63, 3.8) is 0 Å². The fourth-order valence-corrected chi connectivity index (χ4v) is 4.92. The Kier molecular flexibility index (Phi) is 6.60. The first-order valence-corrected chi connectivity index (χ1v) is 11.4. The number of thioether (sulfide) groups is 1. The molecule has 0 aliphatic carbocycles. The number of rotatable bonds is 3. The van der Waals surface area contributed by atoms with Crippen molar-refractivity contribution in [3.8, 4) is 0 Å². The van der Waals surface area contributed by atoms with Crippen molar-refractivity contribution >= 4 is 51.9 Å². The predicted octanol–water partition coefficient (Wildman–Crippen LogP) is 4.50. The van der Waals surface area contributed by atoms with Gasteiger partial charge in [-0.3, -0.25) is 14.5 Å². The van der Waals surface area contributed by atoms with Crippen molar-refractivity contribution in [3.05, 3.63) is 70.1 Å². The number of hydrogen-bond acceptors (Lipinski definition) is 5. The van der Waals surface area contributed by atoms with Crippen LogP contribution in [0.4, 0.5) is 18.9 Å². The van der Waals surface area contributed by atoms with E-state index in [4.69, 9.17) is 12.2 Å². The molecule has 0 spiro atoms. The van der Waals surface area contributed by atoms with Crippen molar-refractivity contribution in [2.24, 2.45) is 0 Å². The molecular formula is C23H20F3N3O2S2. The van der Waals surface area contributed by atoms with E-state index < -0.39 is 17.6 Å². The highest BCUT2D eigenvalue weighted by atomic mass is 32.2. The molecule has 10 heteroatoms. The van der Waals surface area contributed by atoms with Gasteiger partial charge in [-0.2, -0.15) is 13.2 Å². The molecule has 0 unspecified atom stereocenters. The van der Waals surface area contributed by atoms with Gasteiger partial charge in [0.15, 0.2) is 4.32 Å². The lowest BCUT2D eigenvalue weighted by Gasteiger charge is -2.32. The molecule has 2 fully saturated rings. The summed E-state index contributed by atoms with van der Waals surface area (Å²) in [5.41, 5.74) is 0.365. The topological polar surface area (TPSA) is 43.9 Å². The van der Waals surface area contributed by atoms with E-state index in [1.54, 1.807) is 35.2 Å². The lowest BCUT2D eigenvalue weighted by Crippen LogP contribution is -2.47. The second-order valence-corrected chi connectivity index (χ2v) is 9.46. The van der Waals surface area contributed by atoms with E-state index in [0.717, 1.165) is 41.9 Å². The smallest absolute Gasteiger partial charge is 0.336 e. The zero-order chi connectivity index (χ0) is 23.8. The number of thiocarbonyl (C=S) groups is 1. The van der Waals surface area contributed by atoms with E-state index >= 15 is 0 Å². The largest absolute Gasteiger partial charge is 0.416 e. The molecule has 2 aromatic carbocycles. The summed E-state index contributed by atoms with van der Waals surface area (Å²) in [7, 11) is 2.01. The van der Waals surface area contributed by atoms with Crippen LogP contribution in [-0.2, 0) is 11.0 Å². The maximum Gasteiger partial charge on any atom is 0.416 e. The van der Waals surface area contributed by atoms with Gasteiger partial charge in [-0.05, 0) is 49.0 Å². The Labute approximate surface area is 198 Å². The van der Waals surface area contributed by atoms with Crippen LogP contribution >= 0.6 is 24.0 Å². The molecule has 2 saturated heterocycles. The average molecular weight is 492 g/mol. The van der Waals surface area contributed by atoms with Crippen molar-refractivity contribution in [1.82, 2.24) is 9.80 Å². The Bertz CT molecular complexity index is 1140. The Morgan fingerprint density at radius 2 is 1.76 bits per heavy atom. The van der Waals surface area contributed by atoms with Crippen LogP contribution in [0.25, 0.3) is 6.08 Å². The fraction of sp³-hybridized carbons (Fsp3) is 0.261. The van der Waals surface area contributed by atoms with E-state index in [1.165, 1.54) is 12.1 Å². The monoisotopic (exact) mass is 491 g/mol. The molecule has 0 atom stereocenters. The SMILES string of the molecule is CN1CCN(C(=O)c2cccc(/C=C3\SC(=S)N(c4cccc(C(F)(F)F)c4)C3=O)c2)CC1. The number of piperazine rings is 1. The van der Waals surface area contributed by atoms with Gasteiger partial charge in [0.2, 0.25) is 0 Å². The van der Waals surface area contributed by atoms with Crippen LogP contribution in [0.2, 0.25) is 0 Å². The Morgan fingerprint density at radius 3 is 2.45 bits per heavy atom. The average Bonchev–Trinajstić information content (AvgIpc) is 3.06. The van der Waals surface area contributed by atoms with Crippen molar-refractivity contribution in [2.45, 2.75) is 6.18 Å². The molecule has 0 aromatic heterocycles. The van der Waals surface area contributed by atoms with Crippen LogP contribution in [0.1, 0.15) is 21.5 Å². The van der Waals surface area contributed by atoms with Gasteiger partial charge >= 0.3 is 6.18 Å². The maximum absolute atomic E-state index is 13.1. The number of benzene rings is 2. The number of likely N-dealkylation sites (N-methyl/N-ethyl adjacent to an activating group) is 1. The van der Waals surface area contributed by atoms with E-state index in [1.807, 2.05) is 7.05 Å². The van der Waals surface area contributed by atoms with Crippen LogP contribution in [0, 0.1) is 0 Å². The third-order valence-electron chi connectivity index (χ3n) is 5.45. The molecule has 2 amide bonds. The Hall–Kier alpha value is -2.69. The standard InChI is InChI=1S/C23H20F3N3O2S2/c1-27-8-10-28(11-9-27)20(30)16-5-2-4-15(12-16)13-19-21(31)29(22(32)33-19)18-7-3-6-17(14-18)23(24,25)26/h2-7,12-14H,8-11H2,1H3/b19-13-. The first kappa shape index (κ1) is 23.5. The number of alkyl halides is 3. The third kappa shape index (κ3) is 5.13. The van der Waals surface area contributed by atoms with Gasteiger partial charge in [-0.15, -0.1) is 0 Å². The number of carbonyl (C=O) groups excluding carboxylic acids is 2. The first-order chi connectivity index (χ1) is 15.6. The van der Waals surface area contributed by atoms with Crippen LogP contribution in [0.5, 0.6) is 0 Å². The van der Waals surface area contributed by atoms with Crippen molar-refractivity contribution in [2.75, 3.05) is 38.1 Å². The van der Waals surface area contributed by atoms with Gasteiger partial charge in [0.05, 0.1) is 16.2 Å². The second kappa shape index (κ2) is 9.28. The van der Waals surface area contributed by atoms with Gasteiger partial charge in [-0.25, -0.2) is 0 Å². The number of halogens is 3. The van der Waals surface area contributed by atoms with Gasteiger partial charge in [0.25, 0.3) is 11.8 Å². The second-order valence-electron chi connectivity index (χ2n) is 7.79. The highest BCUT2D eigenvalue weighted by Crippen LogP contribution is 2.38. The molecule has 0 N–H and O–H groups in total. The number of amides is 2. The molecule has 2 aromatic rings. The first-order valence-electron chi connectivity index (χ1n) is 10.2. The van der Waals surface area contributed by atoms with Crippen LogP contribution in [-0.4, -0.2) is 59.2 Å². The quantitative estimate of drug-likeness (QED) is 0.467. The Morgan fingerprint density at radius 1 is 1.06 bits per heavy atom. The summed E-state index contributed by atoms with van der Waals surface area (Å²) in [6.07, 6.45) is -2.92. The summed E-state index contributed by atoms with van der Waals surface area (Å²) in [5, 5.41) is 0. The minimum Gasteiger partial charge on any atom is -0.336 e. The molecule has 172 valence electrons. The number of nitrogens with zero attached hydrogens (tertiary/aromatic N) is 3. The van der Waals surface area contributed by atoms with E-state index in [9.17, 15) is 22.8 Å². The molecule has 4 rings (SSSR count). The van der Waals surface area contributed by atoms with E-state index in [0.29, 0.717) is 24.2 Å². The molecule has 5 nitrogen and oxygen atoms in total. The summed E-state index contributed by atoms with van der Waals surface area (Å²) in [5.74, 6) is -0.574. The lowest BCUT2D eigenvalue weighted by molar-refractivity contribution is -0.137. The van der Waals surface area contributed by atoms with E-state index in [2.05, 4.69) is 4.90 Å². The van der Waals surface area contributed by atoms with Gasteiger partial charge in [-0.1, -0.05) is 42.2 Å². The van der Waals surface area contributed by atoms with Gasteiger partial charge in [0, 0.05) is 31.7 Å². The van der Waals surface area contributed by atoms with Crippen LogP contribution in [0.15, 0.2) is 53.4 Å². The molecule has 2 heterocycles. The molecule has 33 heavy (non-hydrogen) atoms. The summed E-state index contributed by atoms with van der Waals surface area (Å²) in [6.45, 7) is 2.91. The highest BCUT2D eigenvalue weighted by Gasteiger charge is 2.36. The molecule has 2 aliphatic heterocycles. The normalized spacial score (nSPS) is 19.0. The highest BCUT2D eigenvalue weighted by molar-refractivity contribution is 8.27. The number of hydrogen-bond donors (Lipinski definition) is 0. The van der Waals surface area contributed by atoms with Crippen LogP contribution < -0.4 is 4.90 Å². The summed E-state index contributed by atoms with van der Waals surface area (Å²) >= 11 is 6.29. The van der Waals surface area contributed by atoms with Crippen LogP contribution in [0.3, 0.4) is 0 Å². The molecule has 0 saturated carbocycles. The Balaban J connectivity index is 1.56. The van der Waals surface area contributed by atoms with Gasteiger partial charge < -0.3 is 9.80 Å². The van der Waals surface area contributed by atoms with Crippen molar-refractivity contribution in [1.29, 1.82) is 0 Å². The minimum atomic E-state index is -4.52. The summed E-state index contributed by atoms with van der Waals surface area (Å²) in [6, 6.07) is 11.4. The van der Waals surface area contributed by atoms with Gasteiger partial charge in [0.1, 0.15) is 0 Å². The summed E-state index contributed by atoms with van der Waals surface area (Å²) in [4.78, 5) is 31.2. The molecule has 0 radical (unpaired) electrons. The number of anilines is 1. The summed E-state index contributed by atoms with van der Waals surface area (Å²) < 4.78 is 39.4. The zero-order valence-electron chi connectivity index (χ0n) is 17.6. The van der Waals surface area contributed by atoms with E-state index in [-0.39, 0.29) is 20.8 Å². The lowest BCUT2D eigenvalue weighted by atomic mass is 10.1.